The van der Waals surface area contributed by atoms with Crippen LogP contribution in [-0.2, 0) is 13.6 Å². The van der Waals surface area contributed by atoms with E-state index in [0.717, 1.165) is 36.9 Å². The lowest BCUT2D eigenvalue weighted by Gasteiger charge is -2.22. The third kappa shape index (κ3) is 6.31. The van der Waals surface area contributed by atoms with Crippen molar-refractivity contribution in [1.29, 1.82) is 0 Å². The number of ether oxygens (including phenoxy) is 1. The SMILES string of the molecule is CN=C(NCCCOc1ccc(C)cc1)N(C)Cc1cn(C)nc1C(C)C. The zero-order valence-corrected chi connectivity index (χ0v) is 17.5. The molecule has 27 heavy (non-hydrogen) atoms. The fourth-order valence-electron chi connectivity index (χ4n) is 2.97. The number of hydrogen-bond donors (Lipinski definition) is 1. The van der Waals surface area contributed by atoms with Gasteiger partial charge in [-0.15, -0.1) is 0 Å². The number of nitrogens with one attached hydrogen (secondary N) is 1. The van der Waals surface area contributed by atoms with Gasteiger partial charge in [-0.25, -0.2) is 0 Å². The van der Waals surface area contributed by atoms with Gasteiger partial charge in [0.1, 0.15) is 5.75 Å². The molecule has 1 N–H and O–H groups in total. The van der Waals surface area contributed by atoms with E-state index in [0.29, 0.717) is 12.5 Å². The van der Waals surface area contributed by atoms with E-state index in [2.05, 4.69) is 66.5 Å². The Bertz CT molecular complexity index is 734. The second-order valence-electron chi connectivity index (χ2n) is 7.21. The minimum atomic E-state index is 0.406. The third-order valence-electron chi connectivity index (χ3n) is 4.36. The molecule has 0 fully saturated rings. The summed E-state index contributed by atoms with van der Waals surface area (Å²) < 4.78 is 7.66. The van der Waals surface area contributed by atoms with Gasteiger partial charge >= 0.3 is 0 Å². The molecule has 0 spiro atoms. The zero-order valence-electron chi connectivity index (χ0n) is 17.5. The molecular weight excluding hydrogens is 338 g/mol. The molecule has 0 aliphatic carbocycles. The molecule has 0 amide bonds. The number of aryl methyl sites for hydroxylation is 2. The molecule has 0 aliphatic rings. The van der Waals surface area contributed by atoms with Crippen LogP contribution in [0.1, 0.15) is 43.0 Å². The highest BCUT2D eigenvalue weighted by molar-refractivity contribution is 5.79. The second-order valence-corrected chi connectivity index (χ2v) is 7.21. The van der Waals surface area contributed by atoms with Crippen molar-refractivity contribution < 1.29 is 4.74 Å². The molecule has 6 nitrogen and oxygen atoms in total. The van der Waals surface area contributed by atoms with E-state index in [1.165, 1.54) is 11.1 Å². The Morgan fingerprint density at radius 3 is 2.63 bits per heavy atom. The Kier molecular flexibility index (Phi) is 7.70. The number of aliphatic imine (C=N–C) groups is 1. The van der Waals surface area contributed by atoms with Gasteiger partial charge in [0.05, 0.1) is 12.3 Å². The standard InChI is InChI=1S/C21H33N5O/c1-16(2)20-18(15-26(6)24-20)14-25(5)21(22-4)23-12-7-13-27-19-10-8-17(3)9-11-19/h8-11,15-16H,7,12-14H2,1-6H3,(H,22,23). The Labute approximate surface area is 163 Å². The van der Waals surface area contributed by atoms with E-state index in [1.807, 2.05) is 30.9 Å². The van der Waals surface area contributed by atoms with Crippen LogP contribution in [0.5, 0.6) is 5.75 Å². The van der Waals surface area contributed by atoms with Crippen molar-refractivity contribution >= 4 is 5.96 Å². The number of guanidine groups is 1. The summed E-state index contributed by atoms with van der Waals surface area (Å²) in [5.41, 5.74) is 3.62. The van der Waals surface area contributed by atoms with Crippen molar-refractivity contribution in [2.24, 2.45) is 12.0 Å². The number of benzene rings is 1. The fraction of sp³-hybridized carbons (Fsp3) is 0.524. The van der Waals surface area contributed by atoms with Crippen molar-refractivity contribution in [2.45, 2.75) is 39.7 Å². The number of hydrogen-bond acceptors (Lipinski definition) is 3. The first-order valence-corrected chi connectivity index (χ1v) is 9.54. The lowest BCUT2D eigenvalue weighted by atomic mass is 10.1. The van der Waals surface area contributed by atoms with Gasteiger partial charge in [-0.2, -0.15) is 5.10 Å². The van der Waals surface area contributed by atoms with Crippen LogP contribution in [0.4, 0.5) is 0 Å². The van der Waals surface area contributed by atoms with Crippen molar-refractivity contribution in [3.63, 3.8) is 0 Å². The minimum absolute atomic E-state index is 0.406. The van der Waals surface area contributed by atoms with Crippen LogP contribution in [0.15, 0.2) is 35.5 Å². The Hall–Kier alpha value is -2.50. The summed E-state index contributed by atoms with van der Waals surface area (Å²) in [4.78, 5) is 6.52. The molecule has 148 valence electrons. The zero-order chi connectivity index (χ0) is 19.8. The first-order valence-electron chi connectivity index (χ1n) is 9.54. The largest absolute Gasteiger partial charge is 0.494 e. The van der Waals surface area contributed by atoms with E-state index in [9.17, 15) is 0 Å². The average Bonchev–Trinajstić information content (AvgIpc) is 3.00. The first kappa shape index (κ1) is 20.8. The van der Waals surface area contributed by atoms with Crippen LogP contribution in [-0.4, -0.2) is 47.9 Å². The van der Waals surface area contributed by atoms with Crippen LogP contribution in [0.2, 0.25) is 0 Å². The van der Waals surface area contributed by atoms with Crippen LogP contribution in [0.25, 0.3) is 0 Å². The summed E-state index contributed by atoms with van der Waals surface area (Å²) in [5, 5.41) is 7.99. The lowest BCUT2D eigenvalue weighted by molar-refractivity contribution is 0.310. The molecular formula is C21H33N5O. The minimum Gasteiger partial charge on any atom is -0.494 e. The molecule has 1 aromatic heterocycles. The molecule has 1 aromatic carbocycles. The van der Waals surface area contributed by atoms with Crippen LogP contribution < -0.4 is 10.1 Å². The maximum absolute atomic E-state index is 5.77. The van der Waals surface area contributed by atoms with E-state index >= 15 is 0 Å². The molecule has 0 saturated carbocycles. The molecule has 0 radical (unpaired) electrons. The normalized spacial score (nSPS) is 11.7. The molecule has 0 unspecified atom stereocenters. The molecule has 2 aromatic rings. The highest BCUT2D eigenvalue weighted by Gasteiger charge is 2.14. The number of rotatable bonds is 8. The van der Waals surface area contributed by atoms with Crippen molar-refractivity contribution in [3.8, 4) is 5.75 Å². The van der Waals surface area contributed by atoms with Crippen molar-refractivity contribution in [3.05, 3.63) is 47.3 Å². The maximum Gasteiger partial charge on any atom is 0.193 e. The molecule has 0 saturated heterocycles. The van der Waals surface area contributed by atoms with Crippen LogP contribution in [0.3, 0.4) is 0 Å². The van der Waals surface area contributed by atoms with Crippen LogP contribution >= 0.6 is 0 Å². The van der Waals surface area contributed by atoms with E-state index < -0.39 is 0 Å². The average molecular weight is 372 g/mol. The van der Waals surface area contributed by atoms with Gasteiger partial charge in [0.2, 0.25) is 0 Å². The summed E-state index contributed by atoms with van der Waals surface area (Å²) in [6.45, 7) is 8.69. The summed E-state index contributed by atoms with van der Waals surface area (Å²) in [5.74, 6) is 2.20. The Balaban J connectivity index is 1.78. The highest BCUT2D eigenvalue weighted by Crippen LogP contribution is 2.18. The molecule has 6 heteroatoms. The second kappa shape index (κ2) is 10.00. The lowest BCUT2D eigenvalue weighted by Crippen LogP contribution is -2.39. The fourth-order valence-corrected chi connectivity index (χ4v) is 2.97. The van der Waals surface area contributed by atoms with E-state index in [4.69, 9.17) is 4.74 Å². The highest BCUT2D eigenvalue weighted by atomic mass is 16.5. The topological polar surface area (TPSA) is 54.7 Å². The maximum atomic E-state index is 5.77. The van der Waals surface area contributed by atoms with Gasteiger partial charge in [0, 0.05) is 46.0 Å². The van der Waals surface area contributed by atoms with Crippen molar-refractivity contribution in [2.75, 3.05) is 27.2 Å². The number of nitrogens with zero attached hydrogens (tertiary/aromatic N) is 4. The predicted molar refractivity (Wildman–Crippen MR) is 111 cm³/mol. The first-order chi connectivity index (χ1) is 12.9. The molecule has 0 aliphatic heterocycles. The summed E-state index contributed by atoms with van der Waals surface area (Å²) in [6.07, 6.45) is 3.00. The van der Waals surface area contributed by atoms with Crippen molar-refractivity contribution in [1.82, 2.24) is 20.0 Å². The molecule has 2 rings (SSSR count). The van der Waals surface area contributed by atoms with Gasteiger partial charge in [-0.3, -0.25) is 9.67 Å². The van der Waals surface area contributed by atoms with E-state index in [1.54, 1.807) is 0 Å². The predicted octanol–water partition coefficient (Wildman–Crippen LogP) is 3.33. The number of aromatic nitrogens is 2. The van der Waals surface area contributed by atoms with Crippen LogP contribution in [0, 0.1) is 6.92 Å². The van der Waals surface area contributed by atoms with Gasteiger partial charge < -0.3 is 15.0 Å². The summed E-state index contributed by atoms with van der Waals surface area (Å²) >= 11 is 0. The molecule has 0 bridgehead atoms. The third-order valence-corrected chi connectivity index (χ3v) is 4.36. The Morgan fingerprint density at radius 2 is 2.00 bits per heavy atom. The van der Waals surface area contributed by atoms with Gasteiger partial charge in [-0.1, -0.05) is 31.5 Å². The summed E-state index contributed by atoms with van der Waals surface area (Å²) in [6, 6.07) is 8.15. The Morgan fingerprint density at radius 1 is 1.30 bits per heavy atom. The quantitative estimate of drug-likeness (QED) is 0.439. The van der Waals surface area contributed by atoms with Gasteiger partial charge in [-0.05, 0) is 31.4 Å². The molecule has 0 atom stereocenters. The summed E-state index contributed by atoms with van der Waals surface area (Å²) in [7, 11) is 5.83. The monoisotopic (exact) mass is 371 g/mol. The smallest absolute Gasteiger partial charge is 0.193 e. The van der Waals surface area contributed by atoms with Gasteiger partial charge in [0.15, 0.2) is 5.96 Å². The van der Waals surface area contributed by atoms with Gasteiger partial charge in [0.25, 0.3) is 0 Å². The molecule has 1 heterocycles. The van der Waals surface area contributed by atoms with E-state index in [-0.39, 0.29) is 0 Å².